The van der Waals surface area contributed by atoms with Crippen molar-refractivity contribution in [1.29, 1.82) is 0 Å². The van der Waals surface area contributed by atoms with Gasteiger partial charge in [-0.25, -0.2) is 4.79 Å². The second-order valence-electron chi connectivity index (χ2n) is 5.17. The van der Waals surface area contributed by atoms with Crippen molar-refractivity contribution in [2.24, 2.45) is 11.7 Å². The van der Waals surface area contributed by atoms with Gasteiger partial charge in [0.2, 0.25) is 0 Å². The van der Waals surface area contributed by atoms with E-state index in [0.29, 0.717) is 0 Å². The Balaban J connectivity index is 0.000000281. The summed E-state index contributed by atoms with van der Waals surface area (Å²) >= 11 is 0. The standard InChI is InChI=1S/C8H14.C5H11NO2/c1-2-8-6-4-3-5-7-8;1-5(2,3)8-4(6)7/h2,8H,1,3-7H2;1-3H3,(H2,6,7). The highest BCUT2D eigenvalue weighted by molar-refractivity contribution is 5.65. The SMILES string of the molecule is C=CC1CCCCC1.CC(C)(C)OC(N)=O. The van der Waals surface area contributed by atoms with Gasteiger partial charge in [-0.3, -0.25) is 0 Å². The summed E-state index contributed by atoms with van der Waals surface area (Å²) < 4.78 is 4.58. The Morgan fingerprint density at radius 2 is 1.81 bits per heavy atom. The Bertz CT molecular complexity index is 212. The van der Waals surface area contributed by atoms with Crippen LogP contribution in [0, 0.1) is 5.92 Å². The van der Waals surface area contributed by atoms with Gasteiger partial charge in [0.25, 0.3) is 0 Å². The van der Waals surface area contributed by atoms with Crippen molar-refractivity contribution in [1.82, 2.24) is 0 Å². The molecule has 0 aromatic carbocycles. The molecule has 0 aliphatic heterocycles. The van der Waals surface area contributed by atoms with Gasteiger partial charge in [0.1, 0.15) is 5.60 Å². The minimum Gasteiger partial charge on any atom is -0.444 e. The number of hydrogen-bond acceptors (Lipinski definition) is 2. The number of ether oxygens (including phenoxy) is 1. The van der Waals surface area contributed by atoms with Crippen molar-refractivity contribution in [3.05, 3.63) is 12.7 Å². The van der Waals surface area contributed by atoms with Gasteiger partial charge in [-0.2, -0.15) is 0 Å². The Morgan fingerprint density at radius 3 is 2.00 bits per heavy atom. The summed E-state index contributed by atoms with van der Waals surface area (Å²) in [6, 6.07) is 0. The number of amides is 1. The Kier molecular flexibility index (Phi) is 6.86. The molecule has 1 amide bonds. The monoisotopic (exact) mass is 227 g/mol. The molecule has 0 unspecified atom stereocenters. The molecule has 0 atom stereocenters. The smallest absolute Gasteiger partial charge is 0.405 e. The Hall–Kier alpha value is -0.990. The van der Waals surface area contributed by atoms with Crippen LogP contribution in [-0.2, 0) is 4.74 Å². The average molecular weight is 227 g/mol. The lowest BCUT2D eigenvalue weighted by atomic mass is 9.90. The minimum absolute atomic E-state index is 0.453. The van der Waals surface area contributed by atoms with E-state index in [4.69, 9.17) is 5.73 Å². The molecular formula is C13H25NO2. The summed E-state index contributed by atoms with van der Waals surface area (Å²) in [5, 5.41) is 0. The van der Waals surface area contributed by atoms with Crippen molar-refractivity contribution < 1.29 is 9.53 Å². The van der Waals surface area contributed by atoms with E-state index >= 15 is 0 Å². The van der Waals surface area contributed by atoms with E-state index in [2.05, 4.69) is 17.4 Å². The lowest BCUT2D eigenvalue weighted by Gasteiger charge is -2.16. The number of hydrogen-bond donors (Lipinski definition) is 1. The van der Waals surface area contributed by atoms with Crippen molar-refractivity contribution >= 4 is 6.09 Å². The number of rotatable bonds is 1. The summed E-state index contributed by atoms with van der Waals surface area (Å²) in [6.45, 7) is 9.07. The molecule has 0 heterocycles. The van der Waals surface area contributed by atoms with E-state index in [1.54, 1.807) is 20.8 Å². The van der Waals surface area contributed by atoms with Crippen LogP contribution >= 0.6 is 0 Å². The second kappa shape index (κ2) is 7.31. The quantitative estimate of drug-likeness (QED) is 0.695. The number of nitrogens with two attached hydrogens (primary N) is 1. The first kappa shape index (κ1) is 15.0. The summed E-state index contributed by atoms with van der Waals surface area (Å²) in [5.41, 5.74) is 4.26. The molecule has 1 fully saturated rings. The summed E-state index contributed by atoms with van der Waals surface area (Å²) in [5.74, 6) is 0.851. The molecule has 94 valence electrons. The molecule has 3 heteroatoms. The topological polar surface area (TPSA) is 52.3 Å². The summed E-state index contributed by atoms with van der Waals surface area (Å²) in [6.07, 6.45) is 8.47. The molecule has 0 saturated heterocycles. The second-order valence-corrected chi connectivity index (χ2v) is 5.17. The summed E-state index contributed by atoms with van der Waals surface area (Å²) in [7, 11) is 0. The molecule has 1 saturated carbocycles. The highest BCUT2D eigenvalue weighted by Crippen LogP contribution is 2.23. The Morgan fingerprint density at radius 1 is 1.31 bits per heavy atom. The fraction of sp³-hybridized carbons (Fsp3) is 0.769. The van der Waals surface area contributed by atoms with Crippen LogP contribution in [0.2, 0.25) is 0 Å². The van der Waals surface area contributed by atoms with E-state index in [1.807, 2.05) is 0 Å². The highest BCUT2D eigenvalue weighted by atomic mass is 16.6. The number of allylic oxidation sites excluding steroid dienone is 1. The fourth-order valence-electron chi connectivity index (χ4n) is 1.67. The van der Waals surface area contributed by atoms with E-state index < -0.39 is 11.7 Å². The van der Waals surface area contributed by atoms with E-state index in [-0.39, 0.29) is 0 Å². The third kappa shape index (κ3) is 9.56. The molecule has 3 nitrogen and oxygen atoms in total. The molecule has 16 heavy (non-hydrogen) atoms. The van der Waals surface area contributed by atoms with Crippen LogP contribution in [0.3, 0.4) is 0 Å². The Labute approximate surface area is 99.0 Å². The zero-order valence-corrected chi connectivity index (χ0v) is 10.8. The van der Waals surface area contributed by atoms with Crippen molar-refractivity contribution in [3.63, 3.8) is 0 Å². The van der Waals surface area contributed by atoms with Gasteiger partial charge in [-0.15, -0.1) is 6.58 Å². The third-order valence-corrected chi connectivity index (χ3v) is 2.39. The molecule has 1 aliphatic rings. The first-order chi connectivity index (χ1) is 7.35. The van der Waals surface area contributed by atoms with Crippen LogP contribution in [0.25, 0.3) is 0 Å². The van der Waals surface area contributed by atoms with Crippen LogP contribution in [0.5, 0.6) is 0 Å². The number of primary amides is 1. The van der Waals surface area contributed by atoms with Gasteiger partial charge < -0.3 is 10.5 Å². The molecule has 0 spiro atoms. The molecule has 0 radical (unpaired) electrons. The lowest BCUT2D eigenvalue weighted by molar-refractivity contribution is 0.0600. The van der Waals surface area contributed by atoms with E-state index in [0.717, 1.165) is 5.92 Å². The first-order valence-corrected chi connectivity index (χ1v) is 5.96. The fourth-order valence-corrected chi connectivity index (χ4v) is 1.67. The van der Waals surface area contributed by atoms with Crippen molar-refractivity contribution in [3.8, 4) is 0 Å². The van der Waals surface area contributed by atoms with Gasteiger partial charge in [-0.05, 0) is 39.5 Å². The largest absolute Gasteiger partial charge is 0.444 e. The highest BCUT2D eigenvalue weighted by Gasteiger charge is 2.12. The maximum Gasteiger partial charge on any atom is 0.405 e. The van der Waals surface area contributed by atoms with Crippen LogP contribution in [0.4, 0.5) is 4.79 Å². The van der Waals surface area contributed by atoms with Gasteiger partial charge >= 0.3 is 6.09 Å². The normalized spacial score (nSPS) is 16.9. The molecule has 1 aliphatic carbocycles. The summed E-state index contributed by atoms with van der Waals surface area (Å²) in [4.78, 5) is 10.0. The van der Waals surface area contributed by atoms with E-state index in [1.165, 1.54) is 32.1 Å². The molecule has 1 rings (SSSR count). The van der Waals surface area contributed by atoms with Crippen molar-refractivity contribution in [2.45, 2.75) is 58.5 Å². The van der Waals surface area contributed by atoms with Gasteiger partial charge in [0.15, 0.2) is 0 Å². The molecule has 0 aromatic rings. The van der Waals surface area contributed by atoms with Crippen LogP contribution in [-0.4, -0.2) is 11.7 Å². The molecule has 2 N–H and O–H groups in total. The molecular weight excluding hydrogens is 202 g/mol. The third-order valence-electron chi connectivity index (χ3n) is 2.39. The van der Waals surface area contributed by atoms with Crippen LogP contribution in [0.1, 0.15) is 52.9 Å². The lowest BCUT2D eigenvalue weighted by Crippen LogP contribution is -2.27. The zero-order valence-electron chi connectivity index (χ0n) is 10.8. The predicted octanol–water partition coefficient (Wildman–Crippen LogP) is 3.63. The van der Waals surface area contributed by atoms with Crippen LogP contribution < -0.4 is 5.73 Å². The average Bonchev–Trinajstić information content (AvgIpc) is 2.16. The first-order valence-electron chi connectivity index (χ1n) is 5.96. The predicted molar refractivity (Wildman–Crippen MR) is 67.2 cm³/mol. The molecule has 0 aromatic heterocycles. The maximum atomic E-state index is 10.0. The maximum absolute atomic E-state index is 10.0. The van der Waals surface area contributed by atoms with Gasteiger partial charge in [0, 0.05) is 0 Å². The minimum atomic E-state index is -0.725. The number of carbonyl (C=O) groups excluding carboxylic acids is 1. The van der Waals surface area contributed by atoms with Crippen molar-refractivity contribution in [2.75, 3.05) is 0 Å². The number of carbonyl (C=O) groups is 1. The molecule has 0 bridgehead atoms. The van der Waals surface area contributed by atoms with Crippen LogP contribution in [0.15, 0.2) is 12.7 Å². The van der Waals surface area contributed by atoms with Gasteiger partial charge in [-0.1, -0.05) is 25.3 Å². The zero-order chi connectivity index (χ0) is 12.6. The van der Waals surface area contributed by atoms with Gasteiger partial charge in [0.05, 0.1) is 0 Å². The van der Waals surface area contributed by atoms with E-state index in [9.17, 15) is 4.79 Å².